The Morgan fingerprint density at radius 1 is 1.30 bits per heavy atom. The molecular weight excluding hydrogens is 290 g/mol. The number of hydrogen-bond donors (Lipinski definition) is 0. The van der Waals surface area contributed by atoms with Crippen LogP contribution in [0.25, 0.3) is 0 Å². The first-order valence-electron chi connectivity index (χ1n) is 8.38. The van der Waals surface area contributed by atoms with Crippen LogP contribution in [0.15, 0.2) is 30.6 Å². The van der Waals surface area contributed by atoms with E-state index in [2.05, 4.69) is 27.8 Å². The van der Waals surface area contributed by atoms with Crippen molar-refractivity contribution in [2.45, 2.75) is 45.1 Å². The molecule has 0 spiro atoms. The second-order valence-electron chi connectivity index (χ2n) is 6.04. The zero-order valence-electron chi connectivity index (χ0n) is 13.5. The molecule has 0 amide bonds. The molecule has 2 aromatic heterocycles. The number of ether oxygens (including phenoxy) is 1. The Labute approximate surface area is 136 Å². The number of carbonyl (C=O) groups is 1. The topological polar surface area (TPSA) is 57.0 Å². The minimum Gasteiger partial charge on any atom is -0.491 e. The maximum Gasteiger partial charge on any atom is 0.172 e. The van der Waals surface area contributed by atoms with Gasteiger partial charge < -0.3 is 4.74 Å². The SMILES string of the molecule is CCn1nccc1C1CCCCC1COc1cccnc1C=O. The molecular formula is C18H23N3O2. The van der Waals surface area contributed by atoms with E-state index in [9.17, 15) is 4.79 Å². The van der Waals surface area contributed by atoms with Crippen molar-refractivity contribution in [1.29, 1.82) is 0 Å². The van der Waals surface area contributed by atoms with Crippen molar-refractivity contribution in [3.05, 3.63) is 42.0 Å². The summed E-state index contributed by atoms with van der Waals surface area (Å²) in [5.74, 6) is 1.50. The molecule has 1 saturated carbocycles. The number of nitrogens with zero attached hydrogens (tertiary/aromatic N) is 3. The first-order valence-corrected chi connectivity index (χ1v) is 8.38. The van der Waals surface area contributed by atoms with Crippen molar-refractivity contribution in [3.8, 4) is 5.75 Å². The van der Waals surface area contributed by atoms with Gasteiger partial charge in [-0.2, -0.15) is 5.10 Å². The molecule has 3 rings (SSSR count). The van der Waals surface area contributed by atoms with Gasteiger partial charge in [0, 0.05) is 36.5 Å². The van der Waals surface area contributed by atoms with Crippen molar-refractivity contribution in [1.82, 2.24) is 14.8 Å². The number of pyridine rings is 1. The molecule has 5 heteroatoms. The summed E-state index contributed by atoms with van der Waals surface area (Å²) >= 11 is 0. The Morgan fingerprint density at radius 2 is 2.17 bits per heavy atom. The van der Waals surface area contributed by atoms with Gasteiger partial charge in [0.05, 0.1) is 6.61 Å². The smallest absolute Gasteiger partial charge is 0.172 e. The highest BCUT2D eigenvalue weighted by molar-refractivity contribution is 5.75. The molecule has 0 bridgehead atoms. The van der Waals surface area contributed by atoms with Crippen LogP contribution in [0, 0.1) is 5.92 Å². The molecule has 122 valence electrons. The Hall–Kier alpha value is -2.17. The van der Waals surface area contributed by atoms with Gasteiger partial charge in [0.2, 0.25) is 0 Å². The van der Waals surface area contributed by atoms with Crippen LogP contribution < -0.4 is 4.74 Å². The van der Waals surface area contributed by atoms with Crippen LogP contribution in [0.4, 0.5) is 0 Å². The van der Waals surface area contributed by atoms with Crippen molar-refractivity contribution < 1.29 is 9.53 Å². The lowest BCUT2D eigenvalue weighted by molar-refractivity contribution is 0.111. The monoisotopic (exact) mass is 313 g/mol. The maximum atomic E-state index is 11.1. The van der Waals surface area contributed by atoms with Gasteiger partial charge >= 0.3 is 0 Å². The fraction of sp³-hybridized carbons (Fsp3) is 0.500. The van der Waals surface area contributed by atoms with E-state index in [4.69, 9.17) is 4.74 Å². The molecule has 5 nitrogen and oxygen atoms in total. The highest BCUT2D eigenvalue weighted by atomic mass is 16.5. The molecule has 0 aromatic carbocycles. The van der Waals surface area contributed by atoms with Gasteiger partial charge in [-0.05, 0) is 38.0 Å². The zero-order chi connectivity index (χ0) is 16.1. The Bertz CT molecular complexity index is 653. The van der Waals surface area contributed by atoms with Crippen LogP contribution in [0.3, 0.4) is 0 Å². The number of carbonyl (C=O) groups excluding carboxylic acids is 1. The normalized spacial score (nSPS) is 21.1. The lowest BCUT2D eigenvalue weighted by atomic mass is 9.78. The molecule has 1 aliphatic rings. The Kier molecular flexibility index (Phi) is 5.05. The highest BCUT2D eigenvalue weighted by Gasteiger charge is 2.29. The van der Waals surface area contributed by atoms with Gasteiger partial charge in [-0.25, -0.2) is 4.98 Å². The largest absolute Gasteiger partial charge is 0.491 e. The van der Waals surface area contributed by atoms with Crippen LogP contribution in [0.5, 0.6) is 5.75 Å². The third-order valence-electron chi connectivity index (χ3n) is 4.70. The summed E-state index contributed by atoms with van der Waals surface area (Å²) in [4.78, 5) is 15.1. The second kappa shape index (κ2) is 7.40. The predicted molar refractivity (Wildman–Crippen MR) is 87.7 cm³/mol. The van der Waals surface area contributed by atoms with Crippen molar-refractivity contribution in [3.63, 3.8) is 0 Å². The lowest BCUT2D eigenvalue weighted by Crippen LogP contribution is -2.26. The second-order valence-corrected chi connectivity index (χ2v) is 6.04. The maximum absolute atomic E-state index is 11.1. The number of aromatic nitrogens is 3. The molecule has 2 heterocycles. The van der Waals surface area contributed by atoms with E-state index in [1.54, 1.807) is 12.3 Å². The molecule has 1 aliphatic carbocycles. The summed E-state index contributed by atoms with van der Waals surface area (Å²) in [5.41, 5.74) is 1.68. The summed E-state index contributed by atoms with van der Waals surface area (Å²) in [6.45, 7) is 3.63. The number of aryl methyl sites for hydroxylation is 1. The number of rotatable bonds is 6. The van der Waals surface area contributed by atoms with E-state index < -0.39 is 0 Å². The van der Waals surface area contributed by atoms with Gasteiger partial charge in [0.15, 0.2) is 6.29 Å². The van der Waals surface area contributed by atoms with Crippen LogP contribution in [0.2, 0.25) is 0 Å². The van der Waals surface area contributed by atoms with Crippen LogP contribution in [-0.4, -0.2) is 27.7 Å². The molecule has 0 saturated heterocycles. The minimum atomic E-state index is 0.374. The fourth-order valence-electron chi connectivity index (χ4n) is 3.53. The number of aldehydes is 1. The molecule has 1 fully saturated rings. The number of hydrogen-bond acceptors (Lipinski definition) is 4. The third kappa shape index (κ3) is 3.44. The molecule has 2 aromatic rings. The first-order chi connectivity index (χ1) is 11.3. The van der Waals surface area contributed by atoms with Gasteiger partial charge in [-0.1, -0.05) is 12.8 Å². The van der Waals surface area contributed by atoms with E-state index in [1.165, 1.54) is 25.0 Å². The average Bonchev–Trinajstić information content (AvgIpc) is 3.09. The third-order valence-corrected chi connectivity index (χ3v) is 4.70. The summed E-state index contributed by atoms with van der Waals surface area (Å²) in [7, 11) is 0. The van der Waals surface area contributed by atoms with Crippen molar-refractivity contribution >= 4 is 6.29 Å². The van der Waals surface area contributed by atoms with Gasteiger partial charge in [-0.15, -0.1) is 0 Å². The van der Waals surface area contributed by atoms with Gasteiger partial charge in [-0.3, -0.25) is 9.48 Å². The molecule has 2 atom stereocenters. The van der Waals surface area contributed by atoms with E-state index in [0.29, 0.717) is 29.9 Å². The van der Waals surface area contributed by atoms with Gasteiger partial charge in [0.1, 0.15) is 11.4 Å². The first kappa shape index (κ1) is 15.7. The van der Waals surface area contributed by atoms with Crippen LogP contribution in [-0.2, 0) is 6.54 Å². The van der Waals surface area contributed by atoms with E-state index in [0.717, 1.165) is 19.3 Å². The van der Waals surface area contributed by atoms with Crippen LogP contribution in [0.1, 0.15) is 54.7 Å². The van der Waals surface area contributed by atoms with Crippen molar-refractivity contribution in [2.75, 3.05) is 6.61 Å². The lowest BCUT2D eigenvalue weighted by Gasteiger charge is -2.31. The summed E-state index contributed by atoms with van der Waals surface area (Å²) in [6.07, 6.45) is 9.06. The molecule has 23 heavy (non-hydrogen) atoms. The van der Waals surface area contributed by atoms with E-state index in [-0.39, 0.29) is 0 Å². The highest BCUT2D eigenvalue weighted by Crippen LogP contribution is 2.38. The summed E-state index contributed by atoms with van der Waals surface area (Å²) in [5, 5.41) is 4.41. The summed E-state index contributed by atoms with van der Waals surface area (Å²) in [6, 6.07) is 5.74. The van der Waals surface area contributed by atoms with Crippen LogP contribution >= 0.6 is 0 Å². The molecule has 0 radical (unpaired) electrons. The minimum absolute atomic E-state index is 0.374. The molecule has 0 aliphatic heterocycles. The molecule has 2 unspecified atom stereocenters. The fourth-order valence-corrected chi connectivity index (χ4v) is 3.53. The quantitative estimate of drug-likeness (QED) is 0.766. The molecule has 0 N–H and O–H groups in total. The van der Waals surface area contributed by atoms with Gasteiger partial charge in [0.25, 0.3) is 0 Å². The van der Waals surface area contributed by atoms with E-state index >= 15 is 0 Å². The standard InChI is InChI=1S/C18H23N3O2/c1-2-21-17(9-11-20-21)15-7-4-3-6-14(15)13-23-18-8-5-10-19-16(18)12-22/h5,8-12,14-15H,2-4,6-7,13H2,1H3. The van der Waals surface area contributed by atoms with Crippen molar-refractivity contribution in [2.24, 2.45) is 5.92 Å². The summed E-state index contributed by atoms with van der Waals surface area (Å²) < 4.78 is 8.03. The average molecular weight is 313 g/mol. The predicted octanol–water partition coefficient (Wildman–Crippen LogP) is 3.46. The Morgan fingerprint density at radius 3 is 3.00 bits per heavy atom. The van der Waals surface area contributed by atoms with E-state index in [1.807, 2.05) is 12.3 Å². The zero-order valence-corrected chi connectivity index (χ0v) is 13.5. The Balaban J connectivity index is 1.73.